The summed E-state index contributed by atoms with van der Waals surface area (Å²) in [7, 11) is 0. The van der Waals surface area contributed by atoms with E-state index in [1.54, 1.807) is 6.07 Å². The van der Waals surface area contributed by atoms with Crippen LogP contribution < -0.4 is 11.2 Å². The number of hydrogen-bond donors (Lipinski definition) is 1. The fourth-order valence-corrected chi connectivity index (χ4v) is 1.71. The van der Waals surface area contributed by atoms with Gasteiger partial charge in [0.05, 0.1) is 16.6 Å². The smallest absolute Gasteiger partial charge is 0.272 e. The van der Waals surface area contributed by atoms with Gasteiger partial charge in [-0.05, 0) is 12.1 Å². The van der Waals surface area contributed by atoms with Crippen LogP contribution in [0.2, 0.25) is 5.02 Å². The van der Waals surface area contributed by atoms with Gasteiger partial charge < -0.3 is 0 Å². The van der Waals surface area contributed by atoms with Crippen molar-refractivity contribution in [3.8, 4) is 11.8 Å². The van der Waals surface area contributed by atoms with Crippen molar-refractivity contribution < 1.29 is 4.92 Å². The fourth-order valence-electron chi connectivity index (χ4n) is 1.57. The van der Waals surface area contributed by atoms with Crippen molar-refractivity contribution in [3.63, 3.8) is 0 Å². The predicted octanol–water partition coefficient (Wildman–Crippen LogP) is 0.959. The largest absolute Gasteiger partial charge is 0.333 e. The summed E-state index contributed by atoms with van der Waals surface area (Å²) in [6.45, 7) is 0. The minimum Gasteiger partial charge on any atom is -0.272 e. The molecule has 100 valence electrons. The molecule has 0 unspecified atom stereocenters. The molecular formula is C11H5ClN4O4. The summed E-state index contributed by atoms with van der Waals surface area (Å²) < 4.78 is 0.836. The second-order valence-electron chi connectivity index (χ2n) is 3.68. The van der Waals surface area contributed by atoms with Crippen LogP contribution in [0.4, 0.5) is 5.69 Å². The van der Waals surface area contributed by atoms with E-state index in [4.69, 9.17) is 16.9 Å². The Morgan fingerprint density at radius 2 is 2.10 bits per heavy atom. The second-order valence-corrected chi connectivity index (χ2v) is 4.09. The molecule has 0 amide bonds. The van der Waals surface area contributed by atoms with Crippen molar-refractivity contribution in [3.05, 3.63) is 65.9 Å². The maximum Gasteiger partial charge on any atom is 0.333 e. The van der Waals surface area contributed by atoms with Crippen molar-refractivity contribution in [2.75, 3.05) is 0 Å². The maximum absolute atomic E-state index is 11.7. The molecule has 1 aromatic carbocycles. The molecule has 1 aromatic heterocycles. The molecule has 2 rings (SSSR count). The number of rotatable bonds is 2. The van der Waals surface area contributed by atoms with Gasteiger partial charge in [-0.15, -0.1) is 0 Å². The molecular weight excluding hydrogens is 288 g/mol. The monoisotopic (exact) mass is 292 g/mol. The molecule has 0 bridgehead atoms. The molecule has 2 aromatic rings. The molecule has 20 heavy (non-hydrogen) atoms. The molecule has 0 atom stereocenters. The highest BCUT2D eigenvalue weighted by Gasteiger charge is 2.18. The lowest BCUT2D eigenvalue weighted by molar-refractivity contribution is -0.384. The Balaban J connectivity index is 2.80. The fraction of sp³-hybridized carbons (Fsp3) is 0. The molecule has 1 heterocycles. The van der Waals surface area contributed by atoms with E-state index in [9.17, 15) is 19.7 Å². The zero-order valence-electron chi connectivity index (χ0n) is 9.66. The van der Waals surface area contributed by atoms with Gasteiger partial charge in [0.15, 0.2) is 0 Å². The third-order valence-corrected chi connectivity index (χ3v) is 2.73. The van der Waals surface area contributed by atoms with Gasteiger partial charge in [-0.25, -0.2) is 4.79 Å². The van der Waals surface area contributed by atoms with Crippen LogP contribution in [0.15, 0.2) is 34.0 Å². The molecule has 0 aliphatic rings. The van der Waals surface area contributed by atoms with Crippen molar-refractivity contribution in [2.24, 2.45) is 0 Å². The topological polar surface area (TPSA) is 122 Å². The third-order valence-electron chi connectivity index (χ3n) is 2.46. The van der Waals surface area contributed by atoms with Crippen LogP contribution in [0.25, 0.3) is 5.69 Å². The number of nitrogens with one attached hydrogen (secondary N) is 1. The number of aromatic amines is 1. The number of nitro benzene ring substituents is 1. The Labute approximate surface area is 115 Å². The van der Waals surface area contributed by atoms with Crippen LogP contribution in [-0.2, 0) is 0 Å². The third kappa shape index (κ3) is 2.30. The van der Waals surface area contributed by atoms with Gasteiger partial charge in [-0.3, -0.25) is 24.5 Å². The number of H-pyrrole nitrogens is 1. The first-order valence-corrected chi connectivity index (χ1v) is 5.52. The van der Waals surface area contributed by atoms with Crippen LogP contribution in [0, 0.1) is 21.4 Å². The molecule has 0 fully saturated rings. The maximum atomic E-state index is 11.7. The zero-order valence-corrected chi connectivity index (χ0v) is 10.4. The standard InChI is InChI=1S/C11H5ClN4O4/c12-7-5-15(11(18)14-10(7)17)8-2-1-6(4-13)3-9(8)16(19)20/h1-3,5H,(H,14,17,18). The average Bonchev–Trinajstić information content (AvgIpc) is 2.42. The molecule has 1 N–H and O–H groups in total. The summed E-state index contributed by atoms with van der Waals surface area (Å²) >= 11 is 5.60. The molecule has 9 heteroatoms. The lowest BCUT2D eigenvalue weighted by atomic mass is 10.2. The van der Waals surface area contributed by atoms with Crippen molar-refractivity contribution in [1.29, 1.82) is 5.26 Å². The summed E-state index contributed by atoms with van der Waals surface area (Å²) in [4.78, 5) is 35.0. The van der Waals surface area contributed by atoms with E-state index in [2.05, 4.69) is 0 Å². The lowest BCUT2D eigenvalue weighted by Crippen LogP contribution is -2.29. The Kier molecular flexibility index (Phi) is 3.37. The van der Waals surface area contributed by atoms with E-state index in [1.807, 2.05) is 4.98 Å². The lowest BCUT2D eigenvalue weighted by Gasteiger charge is -2.06. The van der Waals surface area contributed by atoms with E-state index >= 15 is 0 Å². The van der Waals surface area contributed by atoms with Crippen LogP contribution in [-0.4, -0.2) is 14.5 Å². The van der Waals surface area contributed by atoms with Gasteiger partial charge in [-0.2, -0.15) is 5.26 Å². The number of hydrogen-bond acceptors (Lipinski definition) is 5. The van der Waals surface area contributed by atoms with Gasteiger partial charge >= 0.3 is 5.69 Å². The van der Waals surface area contributed by atoms with Gasteiger partial charge in [0.2, 0.25) is 0 Å². The zero-order chi connectivity index (χ0) is 14.9. The molecule has 0 saturated carbocycles. The highest BCUT2D eigenvalue weighted by molar-refractivity contribution is 6.30. The predicted molar refractivity (Wildman–Crippen MR) is 69.0 cm³/mol. The second kappa shape index (κ2) is 4.99. The molecule has 0 aliphatic heterocycles. The van der Waals surface area contributed by atoms with E-state index in [0.29, 0.717) is 0 Å². The first-order chi connectivity index (χ1) is 9.43. The molecule has 0 saturated heterocycles. The number of halogens is 1. The van der Waals surface area contributed by atoms with Gasteiger partial charge in [0, 0.05) is 12.3 Å². The average molecular weight is 293 g/mol. The first-order valence-electron chi connectivity index (χ1n) is 5.14. The number of nitriles is 1. The van der Waals surface area contributed by atoms with E-state index in [-0.39, 0.29) is 16.3 Å². The number of nitro groups is 1. The molecule has 0 spiro atoms. The summed E-state index contributed by atoms with van der Waals surface area (Å²) in [6, 6.07) is 5.33. The van der Waals surface area contributed by atoms with Gasteiger partial charge in [0.1, 0.15) is 10.7 Å². The molecule has 0 aliphatic carbocycles. The molecule has 0 radical (unpaired) electrons. The van der Waals surface area contributed by atoms with Crippen molar-refractivity contribution in [2.45, 2.75) is 0 Å². The van der Waals surface area contributed by atoms with Crippen LogP contribution >= 0.6 is 11.6 Å². The highest BCUT2D eigenvalue weighted by atomic mass is 35.5. The van der Waals surface area contributed by atoms with E-state index in [0.717, 1.165) is 16.8 Å². The highest BCUT2D eigenvalue weighted by Crippen LogP contribution is 2.23. The molecule has 8 nitrogen and oxygen atoms in total. The summed E-state index contributed by atoms with van der Waals surface area (Å²) in [5.41, 5.74) is -2.13. The summed E-state index contributed by atoms with van der Waals surface area (Å²) in [5.74, 6) is 0. The van der Waals surface area contributed by atoms with Crippen LogP contribution in [0.5, 0.6) is 0 Å². The summed E-state index contributed by atoms with van der Waals surface area (Å²) in [6.07, 6.45) is 0.983. The Morgan fingerprint density at radius 3 is 2.70 bits per heavy atom. The Morgan fingerprint density at radius 1 is 1.40 bits per heavy atom. The Bertz CT molecular complexity index is 862. The van der Waals surface area contributed by atoms with Crippen LogP contribution in [0.1, 0.15) is 5.56 Å². The quantitative estimate of drug-likeness (QED) is 0.652. The Hall–Kier alpha value is -2.92. The van der Waals surface area contributed by atoms with Crippen LogP contribution in [0.3, 0.4) is 0 Å². The number of aromatic nitrogens is 2. The van der Waals surface area contributed by atoms with Gasteiger partial charge in [0.25, 0.3) is 11.2 Å². The first kappa shape index (κ1) is 13.5. The normalized spacial score (nSPS) is 10.0. The van der Waals surface area contributed by atoms with E-state index in [1.165, 1.54) is 12.1 Å². The van der Waals surface area contributed by atoms with E-state index < -0.39 is 21.9 Å². The number of benzene rings is 1. The van der Waals surface area contributed by atoms with Crippen molar-refractivity contribution in [1.82, 2.24) is 9.55 Å². The number of nitrogens with zero attached hydrogens (tertiary/aromatic N) is 3. The van der Waals surface area contributed by atoms with Crippen molar-refractivity contribution >= 4 is 17.3 Å². The summed E-state index contributed by atoms with van der Waals surface area (Å²) in [5, 5.41) is 19.4. The minimum absolute atomic E-state index is 0.0732. The minimum atomic E-state index is -0.868. The van der Waals surface area contributed by atoms with Gasteiger partial charge in [-0.1, -0.05) is 11.6 Å². The SMILES string of the molecule is N#Cc1ccc(-n2cc(Cl)c(=O)[nH]c2=O)c([N+](=O)[O-])c1.